The summed E-state index contributed by atoms with van der Waals surface area (Å²) in [6.07, 6.45) is 2.34. The summed E-state index contributed by atoms with van der Waals surface area (Å²) in [5, 5.41) is 0. The number of rotatable bonds is 9. The largest absolute Gasteiger partial charge is 0.465 e. The molecule has 0 heterocycles. The third-order valence-corrected chi connectivity index (χ3v) is 3.82. The third-order valence-electron chi connectivity index (χ3n) is 3.82. The van der Waals surface area contributed by atoms with E-state index in [4.69, 9.17) is 4.74 Å². The number of ketones is 1. The molecule has 6 heteroatoms. The van der Waals surface area contributed by atoms with Crippen molar-refractivity contribution in [2.24, 2.45) is 5.92 Å². The molecule has 120 valence electrons. The number of ether oxygens (including phenoxy) is 1. The van der Waals surface area contributed by atoms with Gasteiger partial charge >= 0.3 is 5.97 Å². The molecule has 0 aliphatic heterocycles. The van der Waals surface area contributed by atoms with E-state index in [-0.39, 0.29) is 24.7 Å². The molecule has 1 saturated carbocycles. The van der Waals surface area contributed by atoms with Crippen LogP contribution in [0.1, 0.15) is 33.1 Å². The Morgan fingerprint density at radius 2 is 1.81 bits per heavy atom. The van der Waals surface area contributed by atoms with Crippen LogP contribution in [0.3, 0.4) is 0 Å². The maximum absolute atomic E-state index is 12.1. The fourth-order valence-electron chi connectivity index (χ4n) is 2.10. The molecule has 0 bridgehead atoms. The molecule has 0 aromatic carbocycles. The van der Waals surface area contributed by atoms with Gasteiger partial charge < -0.3 is 14.5 Å². The van der Waals surface area contributed by atoms with Crippen LogP contribution < -0.4 is 0 Å². The topological polar surface area (TPSA) is 66.9 Å². The molecule has 0 saturated heterocycles. The highest BCUT2D eigenvalue weighted by Crippen LogP contribution is 2.24. The molecule has 1 atom stereocenters. The minimum absolute atomic E-state index is 0.113. The van der Waals surface area contributed by atoms with Gasteiger partial charge in [-0.3, -0.25) is 14.4 Å². The molecule has 1 amide bonds. The number of hydrogen-bond acceptors (Lipinski definition) is 5. The second kappa shape index (κ2) is 8.12. The summed E-state index contributed by atoms with van der Waals surface area (Å²) >= 11 is 0. The van der Waals surface area contributed by atoms with E-state index in [0.29, 0.717) is 12.6 Å². The van der Waals surface area contributed by atoms with Crippen molar-refractivity contribution in [1.29, 1.82) is 0 Å². The number of amides is 1. The second-order valence-electron chi connectivity index (χ2n) is 5.65. The van der Waals surface area contributed by atoms with Crippen LogP contribution in [0.25, 0.3) is 0 Å². The van der Waals surface area contributed by atoms with Gasteiger partial charge in [-0.15, -0.1) is 0 Å². The predicted molar refractivity (Wildman–Crippen MR) is 78.7 cm³/mol. The average molecular weight is 298 g/mol. The summed E-state index contributed by atoms with van der Waals surface area (Å²) in [4.78, 5) is 39.1. The van der Waals surface area contributed by atoms with Crippen LogP contribution in [0.4, 0.5) is 0 Å². The third kappa shape index (κ3) is 5.83. The van der Waals surface area contributed by atoms with Gasteiger partial charge in [-0.1, -0.05) is 0 Å². The Kier molecular flexibility index (Phi) is 6.81. The van der Waals surface area contributed by atoms with E-state index in [9.17, 15) is 14.4 Å². The molecule has 0 spiro atoms. The Morgan fingerprint density at radius 3 is 2.29 bits per heavy atom. The zero-order valence-corrected chi connectivity index (χ0v) is 13.4. The van der Waals surface area contributed by atoms with Gasteiger partial charge in [-0.25, -0.2) is 0 Å². The Morgan fingerprint density at radius 1 is 1.19 bits per heavy atom. The number of carbonyl (C=O) groups excluding carboxylic acids is 3. The fraction of sp³-hybridized carbons (Fsp3) is 0.800. The molecule has 1 unspecified atom stereocenters. The van der Waals surface area contributed by atoms with E-state index in [2.05, 4.69) is 4.90 Å². The van der Waals surface area contributed by atoms with Crippen molar-refractivity contribution < 1.29 is 19.1 Å². The average Bonchev–Trinajstić information content (AvgIpc) is 3.25. The van der Waals surface area contributed by atoms with E-state index in [0.717, 1.165) is 6.54 Å². The molecule has 1 aliphatic rings. The molecule has 21 heavy (non-hydrogen) atoms. The van der Waals surface area contributed by atoms with E-state index >= 15 is 0 Å². The number of nitrogens with zero attached hydrogens (tertiary/aromatic N) is 2. The summed E-state index contributed by atoms with van der Waals surface area (Å²) in [6, 6.07) is 0.651. The van der Waals surface area contributed by atoms with Crippen LogP contribution in [0.15, 0.2) is 0 Å². The highest BCUT2D eigenvalue weighted by molar-refractivity contribution is 6.01. The van der Waals surface area contributed by atoms with Crippen molar-refractivity contribution in [3.63, 3.8) is 0 Å². The van der Waals surface area contributed by atoms with Crippen LogP contribution in [0.2, 0.25) is 0 Å². The van der Waals surface area contributed by atoms with Gasteiger partial charge in [0, 0.05) is 32.6 Å². The van der Waals surface area contributed by atoms with Crippen molar-refractivity contribution >= 4 is 17.7 Å². The van der Waals surface area contributed by atoms with Crippen LogP contribution in [-0.4, -0.2) is 67.3 Å². The SMILES string of the molecule is CCOC(=O)C(CC(=O)N(C)CCN(C)C1CC1)C(C)=O. The first-order valence-corrected chi connectivity index (χ1v) is 7.48. The Labute approximate surface area is 126 Å². The lowest BCUT2D eigenvalue weighted by Gasteiger charge is -2.23. The van der Waals surface area contributed by atoms with Gasteiger partial charge in [0.25, 0.3) is 0 Å². The van der Waals surface area contributed by atoms with Crippen molar-refractivity contribution in [1.82, 2.24) is 9.80 Å². The van der Waals surface area contributed by atoms with E-state index in [1.165, 1.54) is 19.8 Å². The first-order valence-electron chi connectivity index (χ1n) is 7.48. The van der Waals surface area contributed by atoms with Crippen molar-refractivity contribution in [3.8, 4) is 0 Å². The quantitative estimate of drug-likeness (QED) is 0.463. The number of hydrogen-bond donors (Lipinski definition) is 0. The van der Waals surface area contributed by atoms with E-state index < -0.39 is 11.9 Å². The van der Waals surface area contributed by atoms with E-state index in [1.807, 2.05) is 7.05 Å². The molecule has 0 N–H and O–H groups in total. The van der Waals surface area contributed by atoms with Gasteiger partial charge in [0.05, 0.1) is 6.61 Å². The predicted octanol–water partition coefficient (Wildman–Crippen LogP) is 0.697. The Balaban J connectivity index is 2.43. The molecular formula is C15H26N2O4. The minimum atomic E-state index is -0.985. The summed E-state index contributed by atoms with van der Waals surface area (Å²) in [7, 11) is 3.75. The molecule has 1 rings (SSSR count). The van der Waals surface area contributed by atoms with Crippen LogP contribution in [-0.2, 0) is 19.1 Å². The van der Waals surface area contributed by atoms with Crippen molar-refractivity contribution in [2.45, 2.75) is 39.2 Å². The van der Waals surface area contributed by atoms with Crippen LogP contribution in [0, 0.1) is 5.92 Å². The van der Waals surface area contributed by atoms with Crippen LogP contribution >= 0.6 is 0 Å². The molecule has 6 nitrogen and oxygen atoms in total. The lowest BCUT2D eigenvalue weighted by Crippen LogP contribution is -2.38. The van der Waals surface area contributed by atoms with Gasteiger partial charge in [0.15, 0.2) is 0 Å². The van der Waals surface area contributed by atoms with Gasteiger partial charge in [0.2, 0.25) is 5.91 Å². The summed E-state index contributed by atoms with van der Waals surface area (Å²) in [6.45, 7) is 4.60. The minimum Gasteiger partial charge on any atom is -0.465 e. The number of likely N-dealkylation sites (N-methyl/N-ethyl adjacent to an activating group) is 2. The monoisotopic (exact) mass is 298 g/mol. The van der Waals surface area contributed by atoms with Crippen LogP contribution in [0.5, 0.6) is 0 Å². The standard InChI is InChI=1S/C15H26N2O4/c1-5-21-15(20)13(11(2)18)10-14(19)17(4)9-8-16(3)12-6-7-12/h12-13H,5-10H2,1-4H3. The molecule has 0 aromatic rings. The lowest BCUT2D eigenvalue weighted by atomic mass is 10.0. The van der Waals surface area contributed by atoms with Gasteiger partial charge in [0.1, 0.15) is 11.7 Å². The maximum atomic E-state index is 12.1. The Bertz CT molecular complexity index is 393. The highest BCUT2D eigenvalue weighted by Gasteiger charge is 2.29. The summed E-state index contributed by atoms with van der Waals surface area (Å²) in [5.74, 6) is -2.12. The Hall–Kier alpha value is -1.43. The smallest absolute Gasteiger partial charge is 0.316 e. The van der Waals surface area contributed by atoms with Gasteiger partial charge in [-0.05, 0) is 33.7 Å². The number of Topliss-reactive ketones (excluding diaryl/α,β-unsaturated/α-hetero) is 1. The van der Waals surface area contributed by atoms with Gasteiger partial charge in [-0.2, -0.15) is 0 Å². The van der Waals surface area contributed by atoms with Crippen molar-refractivity contribution in [2.75, 3.05) is 33.8 Å². The molecule has 0 aromatic heterocycles. The van der Waals surface area contributed by atoms with E-state index in [1.54, 1.807) is 18.9 Å². The molecule has 0 radical (unpaired) electrons. The highest BCUT2D eigenvalue weighted by atomic mass is 16.5. The second-order valence-corrected chi connectivity index (χ2v) is 5.65. The number of esters is 1. The fourth-order valence-corrected chi connectivity index (χ4v) is 2.10. The molecular weight excluding hydrogens is 272 g/mol. The van der Waals surface area contributed by atoms with Crippen molar-refractivity contribution in [3.05, 3.63) is 0 Å². The first kappa shape index (κ1) is 17.6. The zero-order chi connectivity index (χ0) is 16.0. The zero-order valence-electron chi connectivity index (χ0n) is 13.4. The number of carbonyl (C=O) groups is 3. The molecule has 1 fully saturated rings. The molecule has 1 aliphatic carbocycles. The maximum Gasteiger partial charge on any atom is 0.316 e. The summed E-state index contributed by atoms with van der Waals surface area (Å²) in [5.41, 5.74) is 0. The normalized spacial score (nSPS) is 15.7. The summed E-state index contributed by atoms with van der Waals surface area (Å²) < 4.78 is 4.85. The first-order chi connectivity index (χ1) is 9.86. The lowest BCUT2D eigenvalue weighted by molar-refractivity contribution is -0.154.